The van der Waals surface area contributed by atoms with Crippen LogP contribution >= 0.6 is 11.8 Å². The predicted molar refractivity (Wildman–Crippen MR) is 39.2 cm³/mol. The Morgan fingerprint density at radius 2 is 2.50 bits per heavy atom. The highest BCUT2D eigenvalue weighted by molar-refractivity contribution is 8.13. The molecule has 2 nitrogen and oxygen atoms in total. The van der Waals surface area contributed by atoms with Gasteiger partial charge >= 0.3 is 0 Å². The van der Waals surface area contributed by atoms with Crippen LogP contribution in [0.4, 0.5) is 0 Å². The van der Waals surface area contributed by atoms with Crippen molar-refractivity contribution in [3.63, 3.8) is 0 Å². The van der Waals surface area contributed by atoms with E-state index in [-0.39, 0.29) is 5.17 Å². The minimum atomic E-state index is 0.183. The molecule has 0 aliphatic carbocycles. The molecule has 0 fully saturated rings. The van der Waals surface area contributed by atoms with Gasteiger partial charge in [0.1, 0.15) is 0 Å². The maximum absolute atomic E-state index is 6.78. The molecule has 0 aromatic rings. The van der Waals surface area contributed by atoms with Crippen LogP contribution in [-0.2, 0) is 0 Å². The van der Waals surface area contributed by atoms with Crippen molar-refractivity contribution in [1.29, 1.82) is 5.41 Å². The van der Waals surface area contributed by atoms with Gasteiger partial charge in [0.2, 0.25) is 0 Å². The molecule has 0 atom stereocenters. The number of thioether (sulfide) groups is 1. The molecule has 0 amide bonds. The molecule has 0 aliphatic rings. The van der Waals surface area contributed by atoms with Gasteiger partial charge in [0.15, 0.2) is 5.17 Å². The summed E-state index contributed by atoms with van der Waals surface area (Å²) in [5, 5.41) is 6.96. The molecule has 0 unspecified atom stereocenters. The predicted octanol–water partition coefficient (Wildman–Crippen LogP) is 1.19. The summed E-state index contributed by atoms with van der Waals surface area (Å²) in [5.41, 5.74) is 5.05. The van der Waals surface area contributed by atoms with Crippen molar-refractivity contribution in [3.8, 4) is 0 Å². The van der Waals surface area contributed by atoms with Crippen LogP contribution in [0.25, 0.3) is 0 Å². The summed E-state index contributed by atoms with van der Waals surface area (Å²) >= 11 is 1.33. The summed E-state index contributed by atoms with van der Waals surface area (Å²) in [6.07, 6.45) is 3.90. The van der Waals surface area contributed by atoms with Crippen LogP contribution in [0.3, 0.4) is 0 Å². The first-order valence-corrected chi connectivity index (χ1v) is 3.34. The van der Waals surface area contributed by atoms with Gasteiger partial charge in [0.05, 0.1) is 0 Å². The van der Waals surface area contributed by atoms with E-state index < -0.39 is 0 Å². The Balaban J connectivity index is 3.05. The second-order valence-electron chi connectivity index (χ2n) is 1.24. The van der Waals surface area contributed by atoms with Crippen LogP contribution < -0.4 is 5.73 Å². The van der Waals surface area contributed by atoms with Crippen molar-refractivity contribution in [2.45, 2.75) is 6.92 Å². The molecule has 0 bridgehead atoms. The summed E-state index contributed by atoms with van der Waals surface area (Å²) in [6.45, 7) is 1.95. The molecule has 0 spiro atoms. The van der Waals surface area contributed by atoms with E-state index in [1.54, 1.807) is 0 Å². The first kappa shape index (κ1) is 7.56. The van der Waals surface area contributed by atoms with Gasteiger partial charge in [0, 0.05) is 5.75 Å². The van der Waals surface area contributed by atoms with Crippen molar-refractivity contribution in [2.75, 3.05) is 5.75 Å². The summed E-state index contributed by atoms with van der Waals surface area (Å²) in [6, 6.07) is 0. The number of hydrogen-bond donors (Lipinski definition) is 2. The fourth-order valence-electron chi connectivity index (χ4n) is 0.234. The van der Waals surface area contributed by atoms with Gasteiger partial charge in [0.25, 0.3) is 0 Å². The number of nitrogens with one attached hydrogen (secondary N) is 1. The molecule has 8 heavy (non-hydrogen) atoms. The third-order valence-corrected chi connectivity index (χ3v) is 1.24. The van der Waals surface area contributed by atoms with E-state index in [0.717, 1.165) is 5.75 Å². The number of rotatable bonds is 2. The fourth-order valence-corrected chi connectivity index (χ4v) is 0.702. The Hall–Kier alpha value is -0.440. The van der Waals surface area contributed by atoms with Crippen molar-refractivity contribution in [1.82, 2.24) is 0 Å². The SMILES string of the molecule is CC=CCSC(=N)N. The maximum Gasteiger partial charge on any atom is 0.151 e. The van der Waals surface area contributed by atoms with Crippen molar-refractivity contribution >= 4 is 16.9 Å². The molecule has 0 saturated carbocycles. The Morgan fingerprint density at radius 3 is 2.88 bits per heavy atom. The summed E-state index contributed by atoms with van der Waals surface area (Å²) in [7, 11) is 0. The summed E-state index contributed by atoms with van der Waals surface area (Å²) in [4.78, 5) is 0. The first-order valence-electron chi connectivity index (χ1n) is 2.35. The molecular weight excluding hydrogens is 120 g/mol. The lowest BCUT2D eigenvalue weighted by Gasteiger charge is -1.88. The quantitative estimate of drug-likeness (QED) is 0.335. The topological polar surface area (TPSA) is 49.9 Å². The van der Waals surface area contributed by atoms with E-state index in [1.165, 1.54) is 11.8 Å². The van der Waals surface area contributed by atoms with Crippen LogP contribution in [0.1, 0.15) is 6.92 Å². The molecule has 3 heteroatoms. The molecule has 0 rings (SSSR count). The van der Waals surface area contributed by atoms with E-state index in [9.17, 15) is 0 Å². The van der Waals surface area contributed by atoms with E-state index in [0.29, 0.717) is 0 Å². The van der Waals surface area contributed by atoms with Crippen LogP contribution in [-0.4, -0.2) is 10.9 Å². The minimum absolute atomic E-state index is 0.183. The average molecular weight is 130 g/mol. The monoisotopic (exact) mass is 130 g/mol. The van der Waals surface area contributed by atoms with Crippen LogP contribution in [0.15, 0.2) is 12.2 Å². The number of nitrogens with two attached hydrogens (primary N) is 1. The maximum atomic E-state index is 6.78. The minimum Gasteiger partial charge on any atom is -0.379 e. The standard InChI is InChI=1S/C5H10N2S/c1-2-3-4-8-5(6)7/h2-3H,4H2,1H3,(H3,6,7). The lowest BCUT2D eigenvalue weighted by Crippen LogP contribution is -2.03. The smallest absolute Gasteiger partial charge is 0.151 e. The van der Waals surface area contributed by atoms with Gasteiger partial charge in [-0.25, -0.2) is 0 Å². The molecule has 0 radical (unpaired) electrons. The first-order chi connectivity index (χ1) is 3.77. The molecule has 0 aromatic heterocycles. The molecular formula is C5H10N2S. The lowest BCUT2D eigenvalue weighted by atomic mass is 10.6. The Kier molecular flexibility index (Phi) is 4.45. The Labute approximate surface area is 53.7 Å². The zero-order chi connectivity index (χ0) is 6.41. The summed E-state index contributed by atoms with van der Waals surface area (Å²) in [5.74, 6) is 0.811. The molecule has 0 aromatic carbocycles. The van der Waals surface area contributed by atoms with Gasteiger partial charge in [-0.05, 0) is 6.92 Å². The van der Waals surface area contributed by atoms with Crippen molar-refractivity contribution in [3.05, 3.63) is 12.2 Å². The van der Waals surface area contributed by atoms with Crippen LogP contribution in [0.2, 0.25) is 0 Å². The largest absolute Gasteiger partial charge is 0.379 e. The zero-order valence-electron chi connectivity index (χ0n) is 4.85. The van der Waals surface area contributed by atoms with Crippen molar-refractivity contribution in [2.24, 2.45) is 5.73 Å². The average Bonchev–Trinajstić information content (AvgIpc) is 1.66. The lowest BCUT2D eigenvalue weighted by molar-refractivity contribution is 1.50. The third-order valence-electron chi connectivity index (χ3n) is 0.571. The second-order valence-corrected chi connectivity index (χ2v) is 2.31. The van der Waals surface area contributed by atoms with Gasteiger partial charge in [-0.3, -0.25) is 5.41 Å². The Morgan fingerprint density at radius 1 is 1.88 bits per heavy atom. The zero-order valence-corrected chi connectivity index (χ0v) is 5.66. The highest BCUT2D eigenvalue weighted by Crippen LogP contribution is 1.96. The van der Waals surface area contributed by atoms with Crippen molar-refractivity contribution < 1.29 is 0 Å². The molecule has 46 valence electrons. The third kappa shape index (κ3) is 5.56. The molecule has 0 aliphatic heterocycles. The summed E-state index contributed by atoms with van der Waals surface area (Å²) < 4.78 is 0. The van der Waals surface area contributed by atoms with E-state index in [1.807, 2.05) is 19.1 Å². The highest BCUT2D eigenvalue weighted by atomic mass is 32.2. The Bertz CT molecular complexity index is 98.6. The van der Waals surface area contributed by atoms with E-state index in [4.69, 9.17) is 11.1 Å². The highest BCUT2D eigenvalue weighted by Gasteiger charge is 1.82. The molecule has 3 N–H and O–H groups in total. The molecule has 0 heterocycles. The number of allylic oxidation sites excluding steroid dienone is 1. The number of hydrogen-bond acceptors (Lipinski definition) is 2. The fraction of sp³-hybridized carbons (Fsp3) is 0.400. The van der Waals surface area contributed by atoms with E-state index >= 15 is 0 Å². The van der Waals surface area contributed by atoms with Gasteiger partial charge in [-0.2, -0.15) is 0 Å². The van der Waals surface area contributed by atoms with Gasteiger partial charge in [-0.1, -0.05) is 23.9 Å². The van der Waals surface area contributed by atoms with E-state index in [2.05, 4.69) is 0 Å². The van der Waals surface area contributed by atoms with Crippen LogP contribution in [0, 0.1) is 5.41 Å². The number of amidine groups is 1. The van der Waals surface area contributed by atoms with Crippen LogP contribution in [0.5, 0.6) is 0 Å². The second kappa shape index (κ2) is 4.71. The van der Waals surface area contributed by atoms with Gasteiger partial charge in [-0.15, -0.1) is 0 Å². The normalized spacial score (nSPS) is 10.1. The van der Waals surface area contributed by atoms with Gasteiger partial charge < -0.3 is 5.73 Å². The molecule has 0 saturated heterocycles.